The topological polar surface area (TPSA) is 58.6 Å². The number of carbonyl (C=O) groups excluding carboxylic acids is 1. The van der Waals surface area contributed by atoms with Gasteiger partial charge >= 0.3 is 0 Å². The zero-order chi connectivity index (χ0) is 14.3. The van der Waals surface area contributed by atoms with Crippen molar-refractivity contribution in [3.8, 4) is 11.5 Å². The first-order valence-corrected chi connectivity index (χ1v) is 7.45. The molecule has 0 aromatic heterocycles. The van der Waals surface area contributed by atoms with Crippen LogP contribution in [0.1, 0.15) is 30.1 Å². The number of amides is 1. The average Bonchev–Trinajstić information content (AvgIpc) is 2.43. The van der Waals surface area contributed by atoms with E-state index < -0.39 is 0 Å². The molecule has 5 heteroatoms. The average molecular weight is 330 g/mol. The van der Waals surface area contributed by atoms with Crippen molar-refractivity contribution < 1.29 is 14.6 Å². The van der Waals surface area contributed by atoms with Crippen molar-refractivity contribution >= 4 is 21.8 Å². The summed E-state index contributed by atoms with van der Waals surface area (Å²) in [5.41, 5.74) is 0.244. The molecule has 0 bridgehead atoms. The molecule has 1 aromatic rings. The predicted molar refractivity (Wildman–Crippen MR) is 79.2 cm³/mol. The Bertz CT molecular complexity index is 423. The van der Waals surface area contributed by atoms with Crippen LogP contribution in [0.2, 0.25) is 0 Å². The maximum Gasteiger partial charge on any atom is 0.255 e. The minimum absolute atomic E-state index is 0.0353. The van der Waals surface area contributed by atoms with E-state index in [1.807, 2.05) is 0 Å². The van der Waals surface area contributed by atoms with E-state index in [2.05, 4.69) is 28.2 Å². The molecule has 0 aliphatic heterocycles. The van der Waals surface area contributed by atoms with Crippen LogP contribution in [0.3, 0.4) is 0 Å². The lowest BCUT2D eigenvalue weighted by Gasteiger charge is -2.15. The van der Waals surface area contributed by atoms with E-state index in [9.17, 15) is 9.90 Å². The van der Waals surface area contributed by atoms with Gasteiger partial charge in [0.15, 0.2) is 0 Å². The summed E-state index contributed by atoms with van der Waals surface area (Å²) < 4.78 is 5.05. The number of carbonyl (C=O) groups is 1. The van der Waals surface area contributed by atoms with Crippen LogP contribution in [0.15, 0.2) is 18.2 Å². The second-order valence-electron chi connectivity index (χ2n) is 4.35. The van der Waals surface area contributed by atoms with E-state index in [1.54, 1.807) is 6.07 Å². The Labute approximate surface area is 122 Å². The molecule has 0 radical (unpaired) electrons. The van der Waals surface area contributed by atoms with Crippen molar-refractivity contribution in [1.82, 2.24) is 5.32 Å². The number of nitrogens with one attached hydrogen (secondary N) is 1. The lowest BCUT2D eigenvalue weighted by atomic mass is 10.0. The van der Waals surface area contributed by atoms with Crippen molar-refractivity contribution in [2.75, 3.05) is 19.0 Å². The number of ether oxygens (including phenoxy) is 1. The molecule has 0 heterocycles. The standard InChI is InChI=1S/C14H20BrNO3/c1-3-10(6-7-15)9-16-14(18)12-8-11(19-2)4-5-13(12)17/h4-5,8,10,17H,3,6-7,9H2,1-2H3,(H,16,18). The maximum atomic E-state index is 12.0. The number of alkyl halides is 1. The second kappa shape index (κ2) is 8.04. The Balaban J connectivity index is 2.67. The van der Waals surface area contributed by atoms with Crippen molar-refractivity contribution in [2.24, 2.45) is 5.92 Å². The fourth-order valence-corrected chi connectivity index (χ4v) is 2.41. The van der Waals surface area contributed by atoms with E-state index in [1.165, 1.54) is 19.2 Å². The highest BCUT2D eigenvalue weighted by Crippen LogP contribution is 2.22. The molecule has 1 amide bonds. The fraction of sp³-hybridized carbons (Fsp3) is 0.500. The van der Waals surface area contributed by atoms with Crippen LogP contribution in [-0.2, 0) is 0 Å². The third-order valence-electron chi connectivity index (χ3n) is 3.09. The summed E-state index contributed by atoms with van der Waals surface area (Å²) >= 11 is 3.40. The van der Waals surface area contributed by atoms with Gasteiger partial charge in [-0.15, -0.1) is 0 Å². The van der Waals surface area contributed by atoms with Gasteiger partial charge in [0.2, 0.25) is 0 Å². The molecule has 2 N–H and O–H groups in total. The molecule has 106 valence electrons. The molecule has 4 nitrogen and oxygen atoms in total. The monoisotopic (exact) mass is 329 g/mol. The lowest BCUT2D eigenvalue weighted by Crippen LogP contribution is -2.29. The molecule has 1 aromatic carbocycles. The van der Waals surface area contributed by atoms with E-state index in [-0.39, 0.29) is 17.2 Å². The summed E-state index contributed by atoms with van der Waals surface area (Å²) in [6.45, 7) is 2.71. The Morgan fingerprint density at radius 1 is 1.53 bits per heavy atom. The van der Waals surface area contributed by atoms with Gasteiger partial charge in [-0.3, -0.25) is 4.79 Å². The molecule has 0 saturated heterocycles. The molecule has 1 rings (SSSR count). The Morgan fingerprint density at radius 2 is 2.26 bits per heavy atom. The van der Waals surface area contributed by atoms with Crippen LogP contribution in [0.5, 0.6) is 11.5 Å². The fourth-order valence-electron chi connectivity index (χ4n) is 1.76. The summed E-state index contributed by atoms with van der Waals surface area (Å²) in [5.74, 6) is 0.683. The lowest BCUT2D eigenvalue weighted by molar-refractivity contribution is 0.0943. The number of halogens is 1. The Kier molecular flexibility index (Phi) is 6.70. The SMILES string of the molecule is CCC(CCBr)CNC(=O)c1cc(OC)ccc1O. The van der Waals surface area contributed by atoms with Gasteiger partial charge in [0.25, 0.3) is 5.91 Å². The number of phenolic OH excluding ortho intramolecular Hbond substituents is 1. The van der Waals surface area contributed by atoms with Gasteiger partial charge in [-0.05, 0) is 30.5 Å². The normalized spacial score (nSPS) is 11.9. The minimum Gasteiger partial charge on any atom is -0.507 e. The van der Waals surface area contributed by atoms with Gasteiger partial charge in [0.05, 0.1) is 12.7 Å². The maximum absolute atomic E-state index is 12.0. The molecular formula is C14H20BrNO3. The third-order valence-corrected chi connectivity index (χ3v) is 3.55. The quantitative estimate of drug-likeness (QED) is 0.756. The summed E-state index contributed by atoms with van der Waals surface area (Å²) in [5, 5.41) is 13.5. The molecule has 0 fully saturated rings. The second-order valence-corrected chi connectivity index (χ2v) is 5.14. The number of rotatable bonds is 7. The molecule has 1 unspecified atom stereocenters. The van der Waals surface area contributed by atoms with Gasteiger partial charge < -0.3 is 15.2 Å². The van der Waals surface area contributed by atoms with Crippen molar-refractivity contribution in [2.45, 2.75) is 19.8 Å². The molecule has 0 aliphatic rings. The van der Waals surface area contributed by atoms with Gasteiger partial charge in [0, 0.05) is 11.9 Å². The molecule has 0 spiro atoms. The highest BCUT2D eigenvalue weighted by Gasteiger charge is 2.14. The Hall–Kier alpha value is -1.23. The number of hydrogen-bond donors (Lipinski definition) is 2. The van der Waals surface area contributed by atoms with E-state index in [0.29, 0.717) is 18.2 Å². The zero-order valence-corrected chi connectivity index (χ0v) is 12.9. The molecule has 0 saturated carbocycles. The molecule has 19 heavy (non-hydrogen) atoms. The van der Waals surface area contributed by atoms with E-state index in [4.69, 9.17) is 4.74 Å². The minimum atomic E-state index is -0.274. The summed E-state index contributed by atoms with van der Waals surface area (Å²) in [6.07, 6.45) is 2.02. The number of phenols is 1. The molecule has 0 aliphatic carbocycles. The van der Waals surface area contributed by atoms with Crippen LogP contribution in [0, 0.1) is 5.92 Å². The van der Waals surface area contributed by atoms with Crippen LogP contribution >= 0.6 is 15.9 Å². The van der Waals surface area contributed by atoms with Crippen LogP contribution in [0.4, 0.5) is 0 Å². The number of methoxy groups -OCH3 is 1. The van der Waals surface area contributed by atoms with E-state index in [0.717, 1.165) is 18.2 Å². The number of aromatic hydroxyl groups is 1. The highest BCUT2D eigenvalue weighted by molar-refractivity contribution is 9.09. The van der Waals surface area contributed by atoms with Gasteiger partial charge in [-0.2, -0.15) is 0 Å². The third kappa shape index (κ3) is 4.74. The van der Waals surface area contributed by atoms with Crippen molar-refractivity contribution in [1.29, 1.82) is 0 Å². The van der Waals surface area contributed by atoms with Crippen LogP contribution in [0.25, 0.3) is 0 Å². The first-order valence-electron chi connectivity index (χ1n) is 6.33. The molecular weight excluding hydrogens is 310 g/mol. The predicted octanol–water partition coefficient (Wildman–Crippen LogP) is 2.94. The number of benzene rings is 1. The van der Waals surface area contributed by atoms with Crippen molar-refractivity contribution in [3.05, 3.63) is 23.8 Å². The van der Waals surface area contributed by atoms with E-state index >= 15 is 0 Å². The van der Waals surface area contributed by atoms with Gasteiger partial charge in [0.1, 0.15) is 11.5 Å². The summed E-state index contributed by atoms with van der Waals surface area (Å²) in [4.78, 5) is 12.0. The van der Waals surface area contributed by atoms with Crippen LogP contribution in [-0.4, -0.2) is 30.0 Å². The zero-order valence-electron chi connectivity index (χ0n) is 11.3. The Morgan fingerprint density at radius 3 is 2.84 bits per heavy atom. The highest BCUT2D eigenvalue weighted by atomic mass is 79.9. The first kappa shape index (κ1) is 15.8. The smallest absolute Gasteiger partial charge is 0.255 e. The molecule has 1 atom stereocenters. The summed E-state index contributed by atoms with van der Waals surface area (Å²) in [7, 11) is 1.52. The van der Waals surface area contributed by atoms with Crippen molar-refractivity contribution in [3.63, 3.8) is 0 Å². The number of hydrogen-bond acceptors (Lipinski definition) is 3. The first-order chi connectivity index (χ1) is 9.12. The van der Waals surface area contributed by atoms with Gasteiger partial charge in [-0.1, -0.05) is 29.3 Å². The van der Waals surface area contributed by atoms with Crippen LogP contribution < -0.4 is 10.1 Å². The largest absolute Gasteiger partial charge is 0.507 e. The summed E-state index contributed by atoms with van der Waals surface area (Å²) in [6, 6.07) is 4.62. The van der Waals surface area contributed by atoms with Gasteiger partial charge in [-0.25, -0.2) is 0 Å².